The molecule has 0 atom stereocenters. The molecule has 2 aromatic carbocycles. The fourth-order valence-electron chi connectivity index (χ4n) is 3.69. The molecule has 4 rings (SSSR count). The molecule has 7 nitrogen and oxygen atoms in total. The van der Waals surface area contributed by atoms with Gasteiger partial charge in [0.05, 0.1) is 23.5 Å². The number of benzene rings is 2. The SMILES string of the molecule is C=C=C(CNC(=O)c1ccn(C)c1)NC1=NC(c2cccc(CC)c2)=CC1.C=Cc1ccccc1C.CC(O)O.[HH].[HH]. The van der Waals surface area contributed by atoms with Crippen molar-refractivity contribution in [2.45, 2.75) is 39.9 Å². The third-order valence-electron chi connectivity index (χ3n) is 5.81. The van der Waals surface area contributed by atoms with E-state index in [0.717, 1.165) is 23.5 Å². The summed E-state index contributed by atoms with van der Waals surface area (Å²) in [5.74, 6) is 0.695. The lowest BCUT2D eigenvalue weighted by atomic mass is 10.1. The van der Waals surface area contributed by atoms with Gasteiger partial charge in [0.25, 0.3) is 5.91 Å². The first-order chi connectivity index (χ1) is 19.2. The van der Waals surface area contributed by atoms with Crippen LogP contribution in [-0.4, -0.2) is 39.4 Å². The molecule has 1 amide bonds. The Morgan fingerprint density at radius 1 is 1.23 bits per heavy atom. The number of hydrogen-bond acceptors (Lipinski definition) is 5. The van der Waals surface area contributed by atoms with Crippen LogP contribution in [-0.2, 0) is 13.5 Å². The van der Waals surface area contributed by atoms with E-state index in [2.05, 4.69) is 90.8 Å². The first-order valence-corrected chi connectivity index (χ1v) is 13.1. The molecule has 0 radical (unpaired) electrons. The van der Waals surface area contributed by atoms with Crippen molar-refractivity contribution in [3.8, 4) is 0 Å². The number of nitrogens with one attached hydrogen (secondary N) is 2. The van der Waals surface area contributed by atoms with Gasteiger partial charge in [-0.3, -0.25) is 4.79 Å². The zero-order valence-corrected chi connectivity index (χ0v) is 23.8. The van der Waals surface area contributed by atoms with Gasteiger partial charge in [0.2, 0.25) is 0 Å². The average Bonchev–Trinajstić information content (AvgIpc) is 3.60. The molecule has 0 saturated heterocycles. The number of amidine groups is 1. The summed E-state index contributed by atoms with van der Waals surface area (Å²) in [6, 6.07) is 18.4. The Morgan fingerprint density at radius 2 is 1.95 bits per heavy atom. The Bertz CT molecular complexity index is 1400. The molecule has 0 bridgehead atoms. The van der Waals surface area contributed by atoms with Crippen LogP contribution in [0.4, 0.5) is 0 Å². The van der Waals surface area contributed by atoms with Gasteiger partial charge in [-0.1, -0.05) is 74.7 Å². The van der Waals surface area contributed by atoms with Crippen molar-refractivity contribution in [3.05, 3.63) is 125 Å². The van der Waals surface area contributed by atoms with Crippen LogP contribution in [0.5, 0.6) is 0 Å². The van der Waals surface area contributed by atoms with Gasteiger partial charge in [0.1, 0.15) is 12.1 Å². The third-order valence-corrected chi connectivity index (χ3v) is 5.81. The molecule has 0 saturated carbocycles. The molecule has 0 aliphatic carbocycles. The van der Waals surface area contributed by atoms with E-state index in [-0.39, 0.29) is 8.76 Å². The number of rotatable bonds is 7. The number of aliphatic hydroxyl groups is 2. The number of carbonyl (C=O) groups excluding carboxylic acids is 1. The molecule has 2 heterocycles. The summed E-state index contributed by atoms with van der Waals surface area (Å²) in [4.78, 5) is 16.8. The minimum atomic E-state index is -1.17. The number of aromatic nitrogens is 1. The van der Waals surface area contributed by atoms with E-state index in [0.29, 0.717) is 24.2 Å². The van der Waals surface area contributed by atoms with Gasteiger partial charge in [0.15, 0.2) is 0 Å². The number of nitrogens with zero attached hydrogens (tertiary/aromatic N) is 2. The van der Waals surface area contributed by atoms with Gasteiger partial charge in [-0.25, -0.2) is 4.99 Å². The molecular formula is C33H44N4O3. The van der Waals surface area contributed by atoms with Crippen LogP contribution >= 0.6 is 0 Å². The molecule has 214 valence electrons. The van der Waals surface area contributed by atoms with Gasteiger partial charge < -0.3 is 25.4 Å². The highest BCUT2D eigenvalue weighted by molar-refractivity contribution is 5.96. The minimum absolute atomic E-state index is 0. The number of aryl methyl sites for hydroxylation is 3. The monoisotopic (exact) mass is 544 g/mol. The molecule has 0 fully saturated rings. The Kier molecular flexibility index (Phi) is 13.1. The third kappa shape index (κ3) is 10.8. The molecule has 1 aliphatic heterocycles. The van der Waals surface area contributed by atoms with Crippen molar-refractivity contribution in [2.24, 2.45) is 12.0 Å². The predicted octanol–water partition coefficient (Wildman–Crippen LogP) is 5.87. The lowest BCUT2D eigenvalue weighted by molar-refractivity contribution is -0.0228. The van der Waals surface area contributed by atoms with Gasteiger partial charge >= 0.3 is 0 Å². The first kappa shape index (κ1) is 31.8. The molecule has 4 N–H and O–H groups in total. The minimum Gasteiger partial charge on any atom is -0.368 e. The molecule has 40 heavy (non-hydrogen) atoms. The Balaban J connectivity index is 0.000000937. The first-order valence-electron chi connectivity index (χ1n) is 13.1. The van der Waals surface area contributed by atoms with Crippen LogP contribution in [0, 0.1) is 6.92 Å². The molecule has 0 unspecified atom stereocenters. The van der Waals surface area contributed by atoms with E-state index in [1.165, 1.54) is 23.6 Å². The standard InChI is InChI=1S/C22H24N4O.C9H10.C2H6O2.2H2/c1-4-16-7-6-8-17(13-16)20-9-10-21(25-20)24-19(5-2)14-23-22(27)18-11-12-26(3)15-18;1-3-9-7-5-4-6-8(9)2;1-2(3)4;;/h6-9,11-13,15H,2,4,10,14H2,1,3H3,(H,23,27)(H,24,25);3-7H,1H2,2H3;2-4H,1H3;2*1H. The molecular weight excluding hydrogens is 500 g/mol. The number of carbonyl (C=O) groups is 1. The Labute approximate surface area is 240 Å². The molecule has 3 aromatic rings. The fraction of sp³-hybridized carbons (Fsp3) is 0.242. The second-order valence-corrected chi connectivity index (χ2v) is 9.13. The predicted molar refractivity (Wildman–Crippen MR) is 169 cm³/mol. The number of hydrogen-bond donors (Lipinski definition) is 4. The highest BCUT2D eigenvalue weighted by atomic mass is 16.5. The molecule has 0 spiro atoms. The van der Waals surface area contributed by atoms with E-state index < -0.39 is 6.29 Å². The average molecular weight is 545 g/mol. The Hall–Kier alpha value is -4.42. The van der Waals surface area contributed by atoms with E-state index in [1.807, 2.05) is 36.0 Å². The van der Waals surface area contributed by atoms with Crippen molar-refractivity contribution in [1.82, 2.24) is 15.2 Å². The zero-order chi connectivity index (χ0) is 29.5. The summed E-state index contributed by atoms with van der Waals surface area (Å²) in [7, 11) is 1.88. The van der Waals surface area contributed by atoms with Crippen LogP contribution in [0.15, 0.2) is 103 Å². The van der Waals surface area contributed by atoms with Crippen molar-refractivity contribution in [1.29, 1.82) is 0 Å². The number of amides is 1. The van der Waals surface area contributed by atoms with Crippen molar-refractivity contribution in [3.63, 3.8) is 0 Å². The largest absolute Gasteiger partial charge is 0.368 e. The molecule has 1 aromatic heterocycles. The Morgan fingerprint density at radius 3 is 2.52 bits per heavy atom. The van der Waals surface area contributed by atoms with Crippen molar-refractivity contribution < 1.29 is 17.9 Å². The van der Waals surface area contributed by atoms with E-state index >= 15 is 0 Å². The topological polar surface area (TPSA) is 98.9 Å². The van der Waals surface area contributed by atoms with E-state index in [1.54, 1.807) is 12.3 Å². The summed E-state index contributed by atoms with van der Waals surface area (Å²) in [5, 5.41) is 21.3. The number of aliphatic imine (C=N–C) groups is 1. The summed E-state index contributed by atoms with van der Waals surface area (Å²) in [6.07, 6.45) is 8.13. The van der Waals surface area contributed by atoms with E-state index in [4.69, 9.17) is 10.2 Å². The quantitative estimate of drug-likeness (QED) is 0.221. The summed E-state index contributed by atoms with van der Waals surface area (Å²) in [6.45, 7) is 13.2. The summed E-state index contributed by atoms with van der Waals surface area (Å²) in [5.41, 5.74) is 10.0. The maximum atomic E-state index is 12.2. The van der Waals surface area contributed by atoms with Gasteiger partial charge in [-0.2, -0.15) is 0 Å². The van der Waals surface area contributed by atoms with E-state index in [9.17, 15) is 4.79 Å². The van der Waals surface area contributed by atoms with Crippen LogP contribution in [0.25, 0.3) is 11.8 Å². The second-order valence-electron chi connectivity index (χ2n) is 9.13. The molecule has 1 aliphatic rings. The van der Waals surface area contributed by atoms with Crippen LogP contribution in [0.1, 0.15) is 55.7 Å². The van der Waals surface area contributed by atoms with Gasteiger partial charge in [-0.15, -0.1) is 5.73 Å². The van der Waals surface area contributed by atoms with Crippen LogP contribution < -0.4 is 10.6 Å². The lowest BCUT2D eigenvalue weighted by Crippen LogP contribution is -2.32. The fourth-order valence-corrected chi connectivity index (χ4v) is 3.69. The smallest absolute Gasteiger partial charge is 0.253 e. The van der Waals surface area contributed by atoms with Crippen molar-refractivity contribution in [2.75, 3.05) is 6.54 Å². The maximum Gasteiger partial charge on any atom is 0.253 e. The second kappa shape index (κ2) is 16.5. The highest BCUT2D eigenvalue weighted by Crippen LogP contribution is 2.23. The summed E-state index contributed by atoms with van der Waals surface area (Å²) < 4.78 is 1.84. The van der Waals surface area contributed by atoms with Crippen LogP contribution in [0.2, 0.25) is 0 Å². The van der Waals surface area contributed by atoms with Gasteiger partial charge in [-0.05, 0) is 49.1 Å². The maximum absolute atomic E-state index is 12.2. The van der Waals surface area contributed by atoms with Gasteiger partial charge in [0, 0.05) is 34.3 Å². The normalized spacial score (nSPS) is 11.6. The highest BCUT2D eigenvalue weighted by Gasteiger charge is 2.13. The van der Waals surface area contributed by atoms with Crippen molar-refractivity contribution >= 4 is 23.5 Å². The zero-order valence-electron chi connectivity index (χ0n) is 23.8. The summed E-state index contributed by atoms with van der Waals surface area (Å²) >= 11 is 0. The lowest BCUT2D eigenvalue weighted by Gasteiger charge is -2.09. The van der Waals surface area contributed by atoms with Crippen LogP contribution in [0.3, 0.4) is 0 Å². The molecule has 7 heteroatoms. The number of aliphatic hydroxyl groups excluding tert-OH is 1.